The van der Waals surface area contributed by atoms with E-state index in [4.69, 9.17) is 10.5 Å². The van der Waals surface area contributed by atoms with Gasteiger partial charge in [0.25, 0.3) is 5.91 Å². The molecule has 2 rings (SSSR count). The van der Waals surface area contributed by atoms with Gasteiger partial charge in [-0.25, -0.2) is 0 Å². The van der Waals surface area contributed by atoms with E-state index in [1.54, 1.807) is 4.90 Å². The number of primary amides is 1. The molecule has 6 heteroatoms. The molecule has 2 unspecified atom stereocenters. The van der Waals surface area contributed by atoms with E-state index in [-0.39, 0.29) is 17.7 Å². The number of piperidine rings is 1. The smallest absolute Gasteiger partial charge is 0.253 e. The molecule has 2 atom stereocenters. The molecule has 0 bridgehead atoms. The van der Waals surface area contributed by atoms with Crippen molar-refractivity contribution >= 4 is 11.8 Å². The molecule has 0 aliphatic carbocycles. The zero-order valence-electron chi connectivity index (χ0n) is 9.85. The molecule has 3 N–H and O–H groups in total. The van der Waals surface area contributed by atoms with Gasteiger partial charge in [-0.2, -0.15) is 0 Å². The summed E-state index contributed by atoms with van der Waals surface area (Å²) in [6.07, 6.45) is 1.21. The van der Waals surface area contributed by atoms with Crippen molar-refractivity contribution in [3.8, 4) is 0 Å². The average molecular weight is 241 g/mol. The van der Waals surface area contributed by atoms with E-state index in [2.05, 4.69) is 5.32 Å². The lowest BCUT2D eigenvalue weighted by Crippen LogP contribution is -2.52. The highest BCUT2D eigenvalue weighted by atomic mass is 16.5. The molecule has 2 aliphatic rings. The van der Waals surface area contributed by atoms with Gasteiger partial charge in [0.2, 0.25) is 5.91 Å². The molecule has 0 aromatic rings. The van der Waals surface area contributed by atoms with Crippen LogP contribution in [-0.4, -0.2) is 55.6 Å². The fraction of sp³-hybridized carbons (Fsp3) is 0.818. The molecule has 0 aromatic heterocycles. The van der Waals surface area contributed by atoms with Crippen LogP contribution >= 0.6 is 0 Å². The third-order valence-electron chi connectivity index (χ3n) is 3.34. The van der Waals surface area contributed by atoms with E-state index < -0.39 is 6.10 Å². The molecule has 2 heterocycles. The SMILES string of the molecule is NC(=O)C1CCCN(C(=O)C2CNCCO2)C1. The topological polar surface area (TPSA) is 84.7 Å². The lowest BCUT2D eigenvalue weighted by molar-refractivity contribution is -0.147. The molecule has 2 amide bonds. The summed E-state index contributed by atoms with van der Waals surface area (Å²) in [6, 6.07) is 0. The number of hydrogen-bond acceptors (Lipinski definition) is 4. The summed E-state index contributed by atoms with van der Waals surface area (Å²) in [6.45, 7) is 3.03. The molecule has 2 aliphatic heterocycles. The van der Waals surface area contributed by atoms with Crippen LogP contribution in [0.4, 0.5) is 0 Å². The normalized spacial score (nSPS) is 30.0. The van der Waals surface area contributed by atoms with Gasteiger partial charge in [-0.1, -0.05) is 0 Å². The first-order valence-electron chi connectivity index (χ1n) is 6.09. The Balaban J connectivity index is 1.91. The number of amides is 2. The maximum atomic E-state index is 12.1. The van der Waals surface area contributed by atoms with Crippen LogP contribution in [0.2, 0.25) is 0 Å². The summed E-state index contributed by atoms with van der Waals surface area (Å²) in [5.41, 5.74) is 5.29. The fourth-order valence-corrected chi connectivity index (χ4v) is 2.34. The van der Waals surface area contributed by atoms with Crippen LogP contribution in [0.25, 0.3) is 0 Å². The Kier molecular flexibility index (Phi) is 3.96. The predicted octanol–water partition coefficient (Wildman–Crippen LogP) is -1.30. The van der Waals surface area contributed by atoms with E-state index >= 15 is 0 Å². The number of rotatable bonds is 2. The molecular weight excluding hydrogens is 222 g/mol. The van der Waals surface area contributed by atoms with Crippen LogP contribution in [0.3, 0.4) is 0 Å². The van der Waals surface area contributed by atoms with Crippen molar-refractivity contribution in [1.29, 1.82) is 0 Å². The van der Waals surface area contributed by atoms with Crippen LogP contribution in [0.5, 0.6) is 0 Å². The van der Waals surface area contributed by atoms with Gasteiger partial charge in [-0.05, 0) is 12.8 Å². The Labute approximate surface area is 100 Å². The lowest BCUT2D eigenvalue weighted by atomic mass is 9.97. The molecular formula is C11H19N3O3. The van der Waals surface area contributed by atoms with Crippen molar-refractivity contribution in [3.05, 3.63) is 0 Å². The van der Waals surface area contributed by atoms with Gasteiger partial charge in [-0.15, -0.1) is 0 Å². The zero-order chi connectivity index (χ0) is 12.3. The number of nitrogens with zero attached hydrogens (tertiary/aromatic N) is 1. The minimum atomic E-state index is -0.407. The van der Waals surface area contributed by atoms with Crippen molar-refractivity contribution in [2.24, 2.45) is 11.7 Å². The molecule has 0 aromatic carbocycles. The Hall–Kier alpha value is -1.14. The Morgan fingerprint density at radius 1 is 1.41 bits per heavy atom. The second kappa shape index (κ2) is 5.46. The van der Waals surface area contributed by atoms with Crippen molar-refractivity contribution in [2.75, 3.05) is 32.8 Å². The summed E-state index contributed by atoms with van der Waals surface area (Å²) >= 11 is 0. The summed E-state index contributed by atoms with van der Waals surface area (Å²) < 4.78 is 5.42. The molecule has 17 heavy (non-hydrogen) atoms. The molecule has 0 spiro atoms. The fourth-order valence-electron chi connectivity index (χ4n) is 2.34. The number of nitrogens with two attached hydrogens (primary N) is 1. The van der Waals surface area contributed by atoms with E-state index in [0.717, 1.165) is 19.4 Å². The molecule has 0 radical (unpaired) electrons. The first-order valence-corrected chi connectivity index (χ1v) is 6.09. The summed E-state index contributed by atoms with van der Waals surface area (Å²) in [5, 5.41) is 3.12. The van der Waals surface area contributed by atoms with Crippen LogP contribution in [0, 0.1) is 5.92 Å². The zero-order valence-corrected chi connectivity index (χ0v) is 9.85. The third-order valence-corrected chi connectivity index (χ3v) is 3.34. The van der Waals surface area contributed by atoms with Gasteiger partial charge in [0.15, 0.2) is 0 Å². The van der Waals surface area contributed by atoms with Crippen molar-refractivity contribution in [1.82, 2.24) is 10.2 Å². The third kappa shape index (κ3) is 2.95. The minimum absolute atomic E-state index is 0.0249. The van der Waals surface area contributed by atoms with Gasteiger partial charge in [0.05, 0.1) is 12.5 Å². The van der Waals surface area contributed by atoms with Gasteiger partial charge in [0.1, 0.15) is 6.10 Å². The minimum Gasteiger partial charge on any atom is -0.369 e. The van der Waals surface area contributed by atoms with Crippen LogP contribution in [-0.2, 0) is 14.3 Å². The van der Waals surface area contributed by atoms with E-state index in [1.807, 2.05) is 0 Å². The second-order valence-electron chi connectivity index (χ2n) is 4.59. The molecule has 96 valence electrons. The average Bonchev–Trinajstić information content (AvgIpc) is 2.39. The molecule has 2 saturated heterocycles. The summed E-state index contributed by atoms with van der Waals surface area (Å²) in [5.74, 6) is -0.544. The number of hydrogen-bond donors (Lipinski definition) is 2. The number of nitrogens with one attached hydrogen (secondary N) is 1. The number of carbonyl (C=O) groups excluding carboxylic acids is 2. The van der Waals surface area contributed by atoms with Crippen LogP contribution < -0.4 is 11.1 Å². The molecule has 2 fully saturated rings. The number of carbonyl (C=O) groups is 2. The lowest BCUT2D eigenvalue weighted by Gasteiger charge is -2.34. The predicted molar refractivity (Wildman–Crippen MR) is 61.1 cm³/mol. The molecule has 6 nitrogen and oxygen atoms in total. The van der Waals surface area contributed by atoms with E-state index in [0.29, 0.717) is 26.2 Å². The largest absolute Gasteiger partial charge is 0.369 e. The standard InChI is InChI=1S/C11H19N3O3/c12-10(15)8-2-1-4-14(7-8)11(16)9-6-13-3-5-17-9/h8-9,13H,1-7H2,(H2,12,15). The monoisotopic (exact) mass is 241 g/mol. The maximum absolute atomic E-state index is 12.1. The van der Waals surface area contributed by atoms with Crippen LogP contribution in [0.15, 0.2) is 0 Å². The van der Waals surface area contributed by atoms with E-state index in [9.17, 15) is 9.59 Å². The number of likely N-dealkylation sites (tertiary alicyclic amines) is 1. The Bertz CT molecular complexity index is 302. The van der Waals surface area contributed by atoms with Gasteiger partial charge >= 0.3 is 0 Å². The Morgan fingerprint density at radius 2 is 2.24 bits per heavy atom. The van der Waals surface area contributed by atoms with Crippen molar-refractivity contribution < 1.29 is 14.3 Å². The first kappa shape index (κ1) is 12.3. The highest BCUT2D eigenvalue weighted by Crippen LogP contribution is 2.17. The van der Waals surface area contributed by atoms with Crippen molar-refractivity contribution in [2.45, 2.75) is 18.9 Å². The Morgan fingerprint density at radius 3 is 2.88 bits per heavy atom. The van der Waals surface area contributed by atoms with Gasteiger partial charge in [0, 0.05) is 26.2 Å². The summed E-state index contributed by atoms with van der Waals surface area (Å²) in [7, 11) is 0. The first-order chi connectivity index (χ1) is 8.18. The van der Waals surface area contributed by atoms with E-state index in [1.165, 1.54) is 0 Å². The highest BCUT2D eigenvalue weighted by molar-refractivity contribution is 5.83. The van der Waals surface area contributed by atoms with Crippen molar-refractivity contribution in [3.63, 3.8) is 0 Å². The number of ether oxygens (including phenoxy) is 1. The van der Waals surface area contributed by atoms with Gasteiger partial charge in [-0.3, -0.25) is 9.59 Å². The maximum Gasteiger partial charge on any atom is 0.253 e. The number of morpholine rings is 1. The van der Waals surface area contributed by atoms with Crippen LogP contribution in [0.1, 0.15) is 12.8 Å². The molecule has 0 saturated carbocycles. The van der Waals surface area contributed by atoms with Gasteiger partial charge < -0.3 is 20.7 Å². The second-order valence-corrected chi connectivity index (χ2v) is 4.59. The quantitative estimate of drug-likeness (QED) is 0.629. The summed E-state index contributed by atoms with van der Waals surface area (Å²) in [4.78, 5) is 25.0. The highest BCUT2D eigenvalue weighted by Gasteiger charge is 2.32.